The maximum absolute atomic E-state index is 5.96. The standard InChI is InChI=1S/C15H19ClN2OS/c1-18(9-13-4-5-15(16)20-13)10-14-11(6-7-19-14)8-17-12-2-3-12/h4-7,12,17H,2-3,8-10H2,1H3. The lowest BCUT2D eigenvalue weighted by Crippen LogP contribution is -2.19. The second-order valence-corrected chi connectivity index (χ2v) is 7.20. The predicted octanol–water partition coefficient (Wildman–Crippen LogP) is 3.88. The lowest BCUT2D eigenvalue weighted by molar-refractivity contribution is 0.288. The van der Waals surface area contributed by atoms with Gasteiger partial charge in [-0.15, -0.1) is 11.3 Å². The Balaban J connectivity index is 1.54. The van der Waals surface area contributed by atoms with Gasteiger partial charge in [0.05, 0.1) is 17.1 Å². The average Bonchev–Trinajstić information content (AvgIpc) is 3.01. The molecule has 5 heteroatoms. The molecule has 0 spiro atoms. The number of thiophene rings is 1. The van der Waals surface area contributed by atoms with Gasteiger partial charge in [0.15, 0.2) is 0 Å². The molecule has 0 unspecified atom stereocenters. The van der Waals surface area contributed by atoms with Gasteiger partial charge in [0.1, 0.15) is 5.76 Å². The van der Waals surface area contributed by atoms with Crippen LogP contribution in [-0.2, 0) is 19.6 Å². The molecule has 108 valence electrons. The first-order valence-electron chi connectivity index (χ1n) is 6.92. The fourth-order valence-corrected chi connectivity index (χ4v) is 3.38. The molecule has 0 aliphatic heterocycles. The van der Waals surface area contributed by atoms with Gasteiger partial charge in [-0.2, -0.15) is 0 Å². The highest BCUT2D eigenvalue weighted by Crippen LogP contribution is 2.24. The van der Waals surface area contributed by atoms with Crippen molar-refractivity contribution in [3.63, 3.8) is 0 Å². The minimum atomic E-state index is 0.726. The molecule has 0 saturated heterocycles. The van der Waals surface area contributed by atoms with Crippen molar-refractivity contribution in [2.75, 3.05) is 7.05 Å². The maximum atomic E-state index is 5.96. The first-order valence-corrected chi connectivity index (χ1v) is 8.11. The van der Waals surface area contributed by atoms with Crippen LogP contribution >= 0.6 is 22.9 Å². The Kier molecular flexibility index (Phi) is 4.46. The molecule has 1 aliphatic carbocycles. The van der Waals surface area contributed by atoms with Crippen LogP contribution < -0.4 is 5.32 Å². The molecule has 0 aromatic carbocycles. The van der Waals surface area contributed by atoms with Gasteiger partial charge in [0, 0.05) is 29.6 Å². The summed E-state index contributed by atoms with van der Waals surface area (Å²) in [6.45, 7) is 2.63. The Labute approximate surface area is 128 Å². The second-order valence-electron chi connectivity index (χ2n) is 5.40. The van der Waals surface area contributed by atoms with Gasteiger partial charge in [0.25, 0.3) is 0 Å². The van der Waals surface area contributed by atoms with E-state index in [1.165, 1.54) is 23.3 Å². The van der Waals surface area contributed by atoms with Gasteiger partial charge in [-0.1, -0.05) is 11.6 Å². The lowest BCUT2D eigenvalue weighted by Gasteiger charge is -2.15. The van der Waals surface area contributed by atoms with Crippen molar-refractivity contribution >= 4 is 22.9 Å². The van der Waals surface area contributed by atoms with Crippen LogP contribution in [0.2, 0.25) is 4.34 Å². The highest BCUT2D eigenvalue weighted by Gasteiger charge is 2.21. The molecule has 1 aliphatic rings. The van der Waals surface area contributed by atoms with Crippen LogP contribution in [0.5, 0.6) is 0 Å². The van der Waals surface area contributed by atoms with Crippen LogP contribution in [0.4, 0.5) is 0 Å². The van der Waals surface area contributed by atoms with Crippen LogP contribution in [0.15, 0.2) is 28.9 Å². The summed E-state index contributed by atoms with van der Waals surface area (Å²) < 4.78 is 6.47. The Morgan fingerprint density at radius 1 is 1.35 bits per heavy atom. The number of halogens is 1. The number of furan rings is 1. The molecule has 0 amide bonds. The monoisotopic (exact) mass is 310 g/mol. The zero-order valence-electron chi connectivity index (χ0n) is 11.6. The van der Waals surface area contributed by atoms with Gasteiger partial charge in [-0.3, -0.25) is 4.90 Å². The molecule has 0 bridgehead atoms. The molecule has 3 nitrogen and oxygen atoms in total. The summed E-state index contributed by atoms with van der Waals surface area (Å²) in [5, 5.41) is 3.53. The Morgan fingerprint density at radius 3 is 2.90 bits per heavy atom. The third-order valence-electron chi connectivity index (χ3n) is 3.46. The van der Waals surface area contributed by atoms with E-state index in [4.69, 9.17) is 16.0 Å². The van der Waals surface area contributed by atoms with Crippen molar-refractivity contribution in [1.82, 2.24) is 10.2 Å². The SMILES string of the molecule is CN(Cc1ccc(Cl)s1)Cc1occc1CNC1CC1. The van der Waals surface area contributed by atoms with E-state index in [1.54, 1.807) is 17.6 Å². The van der Waals surface area contributed by atoms with E-state index < -0.39 is 0 Å². The summed E-state index contributed by atoms with van der Waals surface area (Å²) in [4.78, 5) is 3.53. The summed E-state index contributed by atoms with van der Waals surface area (Å²) in [5.41, 5.74) is 1.27. The third-order valence-corrected chi connectivity index (χ3v) is 4.68. The second kappa shape index (κ2) is 6.31. The van der Waals surface area contributed by atoms with Crippen molar-refractivity contribution in [3.05, 3.63) is 45.0 Å². The summed E-state index contributed by atoms with van der Waals surface area (Å²) in [7, 11) is 2.11. The molecule has 3 rings (SSSR count). The molecule has 2 aromatic rings. The van der Waals surface area contributed by atoms with E-state index in [9.17, 15) is 0 Å². The molecular formula is C15H19ClN2OS. The Hall–Kier alpha value is -0.810. The Morgan fingerprint density at radius 2 is 2.20 bits per heavy atom. The average molecular weight is 311 g/mol. The minimum Gasteiger partial charge on any atom is -0.468 e. The fourth-order valence-electron chi connectivity index (χ4n) is 2.21. The number of rotatable bonds is 7. The molecule has 1 saturated carbocycles. The van der Waals surface area contributed by atoms with E-state index in [1.807, 2.05) is 6.07 Å². The van der Waals surface area contributed by atoms with Gasteiger partial charge in [-0.25, -0.2) is 0 Å². The zero-order valence-corrected chi connectivity index (χ0v) is 13.1. The van der Waals surface area contributed by atoms with Crippen LogP contribution in [-0.4, -0.2) is 18.0 Å². The van der Waals surface area contributed by atoms with Crippen LogP contribution in [0.25, 0.3) is 0 Å². The van der Waals surface area contributed by atoms with Gasteiger partial charge in [0.2, 0.25) is 0 Å². The van der Waals surface area contributed by atoms with E-state index in [-0.39, 0.29) is 0 Å². The van der Waals surface area contributed by atoms with Crippen LogP contribution in [0.3, 0.4) is 0 Å². The molecule has 20 heavy (non-hydrogen) atoms. The molecule has 0 radical (unpaired) electrons. The Bertz CT molecular complexity index is 562. The van der Waals surface area contributed by atoms with E-state index in [2.05, 4.69) is 29.4 Å². The third kappa shape index (κ3) is 3.85. The zero-order chi connectivity index (χ0) is 13.9. The van der Waals surface area contributed by atoms with Crippen molar-refractivity contribution in [2.24, 2.45) is 0 Å². The number of hydrogen-bond donors (Lipinski definition) is 1. The molecule has 0 atom stereocenters. The van der Waals surface area contributed by atoms with E-state index >= 15 is 0 Å². The minimum absolute atomic E-state index is 0.726. The first-order chi connectivity index (χ1) is 9.70. The highest BCUT2D eigenvalue weighted by atomic mass is 35.5. The van der Waals surface area contributed by atoms with Crippen molar-refractivity contribution in [2.45, 2.75) is 38.5 Å². The quantitative estimate of drug-likeness (QED) is 0.841. The van der Waals surface area contributed by atoms with Gasteiger partial charge in [-0.05, 0) is 38.1 Å². The predicted molar refractivity (Wildman–Crippen MR) is 83.1 cm³/mol. The fraction of sp³-hybridized carbons (Fsp3) is 0.467. The molecule has 2 heterocycles. The van der Waals surface area contributed by atoms with Gasteiger partial charge < -0.3 is 9.73 Å². The van der Waals surface area contributed by atoms with Crippen LogP contribution in [0, 0.1) is 0 Å². The lowest BCUT2D eigenvalue weighted by atomic mass is 10.2. The topological polar surface area (TPSA) is 28.4 Å². The smallest absolute Gasteiger partial charge is 0.122 e. The maximum Gasteiger partial charge on any atom is 0.122 e. The largest absolute Gasteiger partial charge is 0.468 e. The molecular weight excluding hydrogens is 292 g/mol. The van der Waals surface area contributed by atoms with Crippen molar-refractivity contribution < 1.29 is 4.42 Å². The van der Waals surface area contributed by atoms with E-state index in [0.717, 1.165) is 35.8 Å². The highest BCUT2D eigenvalue weighted by molar-refractivity contribution is 7.16. The van der Waals surface area contributed by atoms with Crippen molar-refractivity contribution in [1.29, 1.82) is 0 Å². The first kappa shape index (κ1) is 14.1. The molecule has 2 aromatic heterocycles. The van der Waals surface area contributed by atoms with Crippen LogP contribution in [0.1, 0.15) is 29.0 Å². The van der Waals surface area contributed by atoms with Gasteiger partial charge >= 0.3 is 0 Å². The summed E-state index contributed by atoms with van der Waals surface area (Å²) >= 11 is 7.60. The van der Waals surface area contributed by atoms with Crippen molar-refractivity contribution in [3.8, 4) is 0 Å². The summed E-state index contributed by atoms with van der Waals surface area (Å²) in [6, 6.07) is 6.83. The molecule has 1 N–H and O–H groups in total. The number of nitrogens with one attached hydrogen (secondary N) is 1. The normalized spacial score (nSPS) is 15.2. The van der Waals surface area contributed by atoms with E-state index in [0.29, 0.717) is 0 Å². The summed E-state index contributed by atoms with van der Waals surface area (Å²) in [5.74, 6) is 1.06. The number of nitrogens with zero attached hydrogens (tertiary/aromatic N) is 1. The number of hydrogen-bond acceptors (Lipinski definition) is 4. The summed E-state index contributed by atoms with van der Waals surface area (Å²) in [6.07, 6.45) is 4.41. The molecule has 1 fully saturated rings.